The predicted octanol–water partition coefficient (Wildman–Crippen LogP) is 2.16. The Balaban J connectivity index is 1.75. The first-order valence-corrected chi connectivity index (χ1v) is 8.15. The van der Waals surface area contributed by atoms with Gasteiger partial charge in [0.1, 0.15) is 0 Å². The zero-order chi connectivity index (χ0) is 17.2. The lowest BCUT2D eigenvalue weighted by atomic mass is 9.86. The first-order chi connectivity index (χ1) is 11.5. The Bertz CT molecular complexity index is 759. The third-order valence-corrected chi connectivity index (χ3v) is 4.70. The summed E-state index contributed by atoms with van der Waals surface area (Å²) < 4.78 is 5.32. The number of carboxylic acid groups (broad SMARTS) is 1. The fourth-order valence-electron chi connectivity index (χ4n) is 3.42. The molecule has 3 rings (SSSR count). The smallest absolute Gasteiger partial charge is 0.305 e. The van der Waals surface area contributed by atoms with Gasteiger partial charge in [0, 0.05) is 30.3 Å². The maximum Gasteiger partial charge on any atom is 0.305 e. The molecule has 3 N–H and O–H groups in total. The molecule has 1 aliphatic rings. The minimum atomic E-state index is -0.903. The maximum atomic E-state index is 12.5. The normalized spacial score (nSPS) is 16.9. The first-order valence-electron chi connectivity index (χ1n) is 8.15. The molecule has 1 saturated heterocycles. The summed E-state index contributed by atoms with van der Waals surface area (Å²) in [5, 5.41) is 13.2. The topological polar surface area (TPSA) is 91.4 Å². The molecule has 0 spiro atoms. The van der Waals surface area contributed by atoms with E-state index in [1.54, 1.807) is 0 Å². The molecule has 2 aromatic rings. The summed E-state index contributed by atoms with van der Waals surface area (Å²) in [6.07, 6.45) is 3.06. The number of aryl methyl sites for hydroxylation is 1. The number of carbonyl (C=O) groups is 2. The number of hydrogen-bond donors (Lipinski definition) is 3. The summed E-state index contributed by atoms with van der Waals surface area (Å²) >= 11 is 0. The van der Waals surface area contributed by atoms with E-state index >= 15 is 0 Å². The Morgan fingerprint density at radius 2 is 2.08 bits per heavy atom. The van der Waals surface area contributed by atoms with Crippen LogP contribution in [0.25, 0.3) is 10.9 Å². The standard InChI is InChI=1S/C18H22N2O4/c1-12-3-2-4-14-13(11-19-17(12)14)9-15(21)20-18(10-16(22)23)5-7-24-8-6-18/h2-4,11,19H,5-10H2,1H3,(H,20,21)(H,22,23). The molecule has 0 unspecified atom stereocenters. The fourth-order valence-corrected chi connectivity index (χ4v) is 3.42. The van der Waals surface area contributed by atoms with Gasteiger partial charge in [0.15, 0.2) is 0 Å². The van der Waals surface area contributed by atoms with Crippen molar-refractivity contribution in [3.8, 4) is 0 Å². The van der Waals surface area contributed by atoms with Gasteiger partial charge >= 0.3 is 5.97 Å². The van der Waals surface area contributed by atoms with E-state index in [1.807, 2.05) is 31.3 Å². The molecule has 1 aliphatic heterocycles. The second-order valence-corrected chi connectivity index (χ2v) is 6.50. The highest BCUT2D eigenvalue weighted by Gasteiger charge is 2.36. The van der Waals surface area contributed by atoms with Crippen molar-refractivity contribution in [2.24, 2.45) is 0 Å². The number of aromatic nitrogens is 1. The number of amides is 1. The summed E-state index contributed by atoms with van der Waals surface area (Å²) in [7, 11) is 0. The van der Waals surface area contributed by atoms with E-state index in [0.717, 1.165) is 22.0 Å². The largest absolute Gasteiger partial charge is 0.481 e. The van der Waals surface area contributed by atoms with Crippen LogP contribution in [0.15, 0.2) is 24.4 Å². The van der Waals surface area contributed by atoms with E-state index in [9.17, 15) is 14.7 Å². The number of nitrogens with one attached hydrogen (secondary N) is 2. The number of carbonyl (C=O) groups excluding carboxylic acids is 1. The molecular weight excluding hydrogens is 308 g/mol. The predicted molar refractivity (Wildman–Crippen MR) is 89.9 cm³/mol. The van der Waals surface area contributed by atoms with Gasteiger partial charge < -0.3 is 20.1 Å². The Kier molecular flexibility index (Phi) is 4.57. The van der Waals surface area contributed by atoms with E-state index in [0.29, 0.717) is 26.1 Å². The van der Waals surface area contributed by atoms with Crippen LogP contribution in [0.2, 0.25) is 0 Å². The van der Waals surface area contributed by atoms with Gasteiger partial charge in [-0.3, -0.25) is 9.59 Å². The summed E-state index contributed by atoms with van der Waals surface area (Å²) in [6, 6.07) is 5.98. The maximum absolute atomic E-state index is 12.5. The summed E-state index contributed by atoms with van der Waals surface area (Å²) in [5.41, 5.74) is 2.38. The number of aromatic amines is 1. The minimum absolute atomic E-state index is 0.0743. The van der Waals surface area contributed by atoms with Gasteiger partial charge in [-0.05, 0) is 30.9 Å². The van der Waals surface area contributed by atoms with Gasteiger partial charge in [0.25, 0.3) is 0 Å². The zero-order valence-electron chi connectivity index (χ0n) is 13.7. The molecule has 1 amide bonds. The van der Waals surface area contributed by atoms with Crippen molar-refractivity contribution in [3.63, 3.8) is 0 Å². The van der Waals surface area contributed by atoms with Gasteiger partial charge in [-0.2, -0.15) is 0 Å². The molecular formula is C18H22N2O4. The van der Waals surface area contributed by atoms with Crippen LogP contribution in [0.3, 0.4) is 0 Å². The van der Waals surface area contributed by atoms with Crippen LogP contribution >= 0.6 is 0 Å². The molecule has 24 heavy (non-hydrogen) atoms. The van der Waals surface area contributed by atoms with Crippen LogP contribution in [-0.4, -0.2) is 40.7 Å². The van der Waals surface area contributed by atoms with Crippen LogP contribution < -0.4 is 5.32 Å². The number of rotatable bonds is 5. The van der Waals surface area contributed by atoms with Crippen molar-refractivity contribution < 1.29 is 19.4 Å². The first kappa shape index (κ1) is 16.5. The number of fused-ring (bicyclic) bond motifs is 1. The molecule has 6 heteroatoms. The van der Waals surface area contributed by atoms with Crippen LogP contribution in [-0.2, 0) is 20.7 Å². The third kappa shape index (κ3) is 3.43. The van der Waals surface area contributed by atoms with Crippen LogP contribution in [0.1, 0.15) is 30.4 Å². The lowest BCUT2D eigenvalue weighted by Gasteiger charge is -2.36. The van der Waals surface area contributed by atoms with Gasteiger partial charge in [-0.15, -0.1) is 0 Å². The highest BCUT2D eigenvalue weighted by Crippen LogP contribution is 2.26. The van der Waals surface area contributed by atoms with Gasteiger partial charge in [-0.1, -0.05) is 18.2 Å². The number of benzene rings is 1. The molecule has 0 saturated carbocycles. The Hall–Kier alpha value is -2.34. The molecule has 0 aliphatic carbocycles. The van der Waals surface area contributed by atoms with E-state index in [1.165, 1.54) is 0 Å². The Morgan fingerprint density at radius 3 is 2.79 bits per heavy atom. The molecule has 0 bridgehead atoms. The van der Waals surface area contributed by atoms with Crippen molar-refractivity contribution in [1.82, 2.24) is 10.3 Å². The molecule has 2 heterocycles. The van der Waals surface area contributed by atoms with Crippen LogP contribution in [0.5, 0.6) is 0 Å². The molecule has 1 aromatic heterocycles. The van der Waals surface area contributed by atoms with E-state index < -0.39 is 11.5 Å². The highest BCUT2D eigenvalue weighted by molar-refractivity contribution is 5.90. The number of hydrogen-bond acceptors (Lipinski definition) is 3. The molecule has 6 nitrogen and oxygen atoms in total. The van der Waals surface area contributed by atoms with E-state index in [2.05, 4.69) is 10.3 Å². The number of H-pyrrole nitrogens is 1. The Morgan fingerprint density at radius 1 is 1.33 bits per heavy atom. The van der Waals surface area contributed by atoms with Gasteiger partial charge in [-0.25, -0.2) is 0 Å². The highest BCUT2D eigenvalue weighted by atomic mass is 16.5. The number of para-hydroxylation sites is 1. The second kappa shape index (κ2) is 6.65. The number of carboxylic acids is 1. The van der Waals surface area contributed by atoms with Gasteiger partial charge in [0.2, 0.25) is 5.91 Å². The fraction of sp³-hybridized carbons (Fsp3) is 0.444. The molecule has 128 valence electrons. The van der Waals surface area contributed by atoms with Crippen LogP contribution in [0, 0.1) is 6.92 Å². The summed E-state index contributed by atoms with van der Waals surface area (Å²) in [6.45, 7) is 2.96. The number of aliphatic carboxylic acids is 1. The van der Waals surface area contributed by atoms with Crippen molar-refractivity contribution in [1.29, 1.82) is 0 Å². The van der Waals surface area contributed by atoms with Crippen LogP contribution in [0.4, 0.5) is 0 Å². The second-order valence-electron chi connectivity index (χ2n) is 6.50. The lowest BCUT2D eigenvalue weighted by Crippen LogP contribution is -2.53. The van der Waals surface area contributed by atoms with Crippen molar-refractivity contribution in [2.75, 3.05) is 13.2 Å². The lowest BCUT2D eigenvalue weighted by molar-refractivity contribution is -0.140. The Labute approximate surface area is 140 Å². The van der Waals surface area contributed by atoms with E-state index in [-0.39, 0.29) is 18.7 Å². The molecule has 1 aromatic carbocycles. The van der Waals surface area contributed by atoms with Crippen molar-refractivity contribution in [2.45, 2.75) is 38.1 Å². The molecule has 1 fully saturated rings. The van der Waals surface area contributed by atoms with Crippen molar-refractivity contribution in [3.05, 3.63) is 35.5 Å². The monoisotopic (exact) mass is 330 g/mol. The SMILES string of the molecule is Cc1cccc2c(CC(=O)NC3(CC(=O)O)CCOCC3)c[nH]c12. The third-order valence-electron chi connectivity index (χ3n) is 4.70. The molecule has 0 atom stereocenters. The average Bonchev–Trinajstić information content (AvgIpc) is 2.91. The minimum Gasteiger partial charge on any atom is -0.481 e. The quantitative estimate of drug-likeness (QED) is 0.783. The zero-order valence-corrected chi connectivity index (χ0v) is 13.7. The van der Waals surface area contributed by atoms with Crippen molar-refractivity contribution >= 4 is 22.8 Å². The summed E-state index contributed by atoms with van der Waals surface area (Å²) in [5.74, 6) is -1.06. The molecule has 0 radical (unpaired) electrons. The number of ether oxygens (including phenoxy) is 1. The summed E-state index contributed by atoms with van der Waals surface area (Å²) in [4.78, 5) is 26.9. The van der Waals surface area contributed by atoms with E-state index in [4.69, 9.17) is 4.74 Å². The van der Waals surface area contributed by atoms with Gasteiger partial charge in [0.05, 0.1) is 18.4 Å². The average molecular weight is 330 g/mol.